The van der Waals surface area contributed by atoms with E-state index in [2.05, 4.69) is 6.92 Å². The van der Waals surface area contributed by atoms with E-state index in [4.69, 9.17) is 9.47 Å². The third-order valence-corrected chi connectivity index (χ3v) is 3.27. The molecule has 0 spiro atoms. The van der Waals surface area contributed by atoms with E-state index >= 15 is 0 Å². The van der Waals surface area contributed by atoms with Gasteiger partial charge in [0.25, 0.3) is 0 Å². The van der Waals surface area contributed by atoms with E-state index in [0.717, 1.165) is 24.3 Å². The first-order chi connectivity index (χ1) is 8.64. The summed E-state index contributed by atoms with van der Waals surface area (Å²) >= 11 is 0. The molecule has 0 aliphatic carbocycles. The van der Waals surface area contributed by atoms with Crippen molar-refractivity contribution < 1.29 is 14.3 Å². The van der Waals surface area contributed by atoms with Crippen LogP contribution in [0.25, 0.3) is 0 Å². The second kappa shape index (κ2) is 5.53. The summed E-state index contributed by atoms with van der Waals surface area (Å²) in [7, 11) is 0. The van der Waals surface area contributed by atoms with Crippen LogP contribution in [0.3, 0.4) is 0 Å². The molecule has 0 aromatic heterocycles. The largest absolute Gasteiger partial charge is 0.494 e. The number of carbonyl (C=O) groups excluding carboxylic acids is 1. The number of Topliss-reactive ketones (excluding diaryl/α,β-unsaturated/α-hetero) is 1. The minimum absolute atomic E-state index is 0.273. The van der Waals surface area contributed by atoms with Gasteiger partial charge in [0.1, 0.15) is 11.5 Å². The summed E-state index contributed by atoms with van der Waals surface area (Å²) in [5.41, 5.74) is 0.568. The van der Waals surface area contributed by atoms with Crippen molar-refractivity contribution in [2.75, 3.05) is 13.2 Å². The Bertz CT molecular complexity index is 410. The molecule has 0 N–H and O–H groups in total. The van der Waals surface area contributed by atoms with Crippen molar-refractivity contribution in [2.24, 2.45) is 0 Å². The smallest absolute Gasteiger partial charge is 0.138 e. The Morgan fingerprint density at radius 2 is 2.06 bits per heavy atom. The van der Waals surface area contributed by atoms with Crippen molar-refractivity contribution in [3.63, 3.8) is 0 Å². The summed E-state index contributed by atoms with van der Waals surface area (Å²) < 4.78 is 11.3. The SMILES string of the molecule is CCCOc1ccc(C2(C)CC(=O)CCO2)cc1. The molecular weight excluding hydrogens is 228 g/mol. The summed E-state index contributed by atoms with van der Waals surface area (Å²) in [4.78, 5) is 11.6. The molecule has 98 valence electrons. The highest BCUT2D eigenvalue weighted by molar-refractivity contribution is 5.80. The molecule has 1 fully saturated rings. The molecule has 1 saturated heterocycles. The molecule has 1 heterocycles. The predicted octanol–water partition coefficient (Wildman–Crippen LogP) is 3.07. The molecule has 0 radical (unpaired) electrons. The minimum atomic E-state index is -0.474. The van der Waals surface area contributed by atoms with Gasteiger partial charge in [-0.2, -0.15) is 0 Å². The molecular formula is C15H20O3. The third kappa shape index (κ3) is 2.91. The fraction of sp³-hybridized carbons (Fsp3) is 0.533. The minimum Gasteiger partial charge on any atom is -0.494 e. The fourth-order valence-electron chi connectivity index (χ4n) is 2.21. The van der Waals surface area contributed by atoms with E-state index in [1.54, 1.807) is 0 Å². The lowest BCUT2D eigenvalue weighted by Crippen LogP contribution is -2.34. The van der Waals surface area contributed by atoms with Crippen LogP contribution in [-0.2, 0) is 15.1 Å². The van der Waals surface area contributed by atoms with Crippen LogP contribution in [0.5, 0.6) is 5.75 Å². The van der Waals surface area contributed by atoms with Gasteiger partial charge in [0.15, 0.2) is 0 Å². The number of ether oxygens (including phenoxy) is 2. The average Bonchev–Trinajstić information content (AvgIpc) is 2.36. The van der Waals surface area contributed by atoms with Gasteiger partial charge in [0.2, 0.25) is 0 Å². The van der Waals surface area contributed by atoms with Gasteiger partial charge in [0, 0.05) is 12.8 Å². The molecule has 1 aliphatic rings. The van der Waals surface area contributed by atoms with Crippen molar-refractivity contribution in [3.05, 3.63) is 29.8 Å². The van der Waals surface area contributed by atoms with Gasteiger partial charge in [-0.1, -0.05) is 19.1 Å². The lowest BCUT2D eigenvalue weighted by atomic mass is 9.88. The maximum absolute atomic E-state index is 11.6. The van der Waals surface area contributed by atoms with E-state index in [1.807, 2.05) is 31.2 Å². The first-order valence-electron chi connectivity index (χ1n) is 6.53. The number of rotatable bonds is 4. The highest BCUT2D eigenvalue weighted by atomic mass is 16.5. The molecule has 2 rings (SSSR count). The van der Waals surface area contributed by atoms with E-state index in [1.165, 1.54) is 0 Å². The Morgan fingerprint density at radius 1 is 1.33 bits per heavy atom. The quantitative estimate of drug-likeness (QED) is 0.821. The van der Waals surface area contributed by atoms with Crippen LogP contribution in [0.1, 0.15) is 38.7 Å². The highest BCUT2D eigenvalue weighted by Crippen LogP contribution is 2.33. The molecule has 1 unspecified atom stereocenters. The maximum atomic E-state index is 11.6. The molecule has 1 aromatic rings. The number of hydrogen-bond donors (Lipinski definition) is 0. The first-order valence-corrected chi connectivity index (χ1v) is 6.53. The van der Waals surface area contributed by atoms with Gasteiger partial charge in [-0.3, -0.25) is 4.79 Å². The number of carbonyl (C=O) groups is 1. The fourth-order valence-corrected chi connectivity index (χ4v) is 2.21. The Hall–Kier alpha value is -1.35. The van der Waals surface area contributed by atoms with Crippen LogP contribution >= 0.6 is 0 Å². The first kappa shape index (κ1) is 13.1. The van der Waals surface area contributed by atoms with Gasteiger partial charge in [0.05, 0.1) is 18.8 Å². The number of ketones is 1. The van der Waals surface area contributed by atoms with Gasteiger partial charge < -0.3 is 9.47 Å². The van der Waals surface area contributed by atoms with Crippen LogP contribution in [0.15, 0.2) is 24.3 Å². The normalized spacial score (nSPS) is 24.0. The highest BCUT2D eigenvalue weighted by Gasteiger charge is 2.33. The molecule has 18 heavy (non-hydrogen) atoms. The molecule has 1 aromatic carbocycles. The summed E-state index contributed by atoms with van der Waals surface area (Å²) in [5, 5.41) is 0. The standard InChI is InChI=1S/C15H20O3/c1-3-9-17-14-6-4-12(5-7-14)15(2)11-13(16)8-10-18-15/h4-7H,3,8-11H2,1-2H3. The molecule has 0 saturated carbocycles. The summed E-state index contributed by atoms with van der Waals surface area (Å²) in [5.74, 6) is 1.14. The number of benzene rings is 1. The van der Waals surface area contributed by atoms with Crippen LogP contribution in [0.2, 0.25) is 0 Å². The topological polar surface area (TPSA) is 35.5 Å². The molecule has 3 heteroatoms. The van der Waals surface area contributed by atoms with E-state index < -0.39 is 5.60 Å². The zero-order chi connectivity index (χ0) is 13.0. The van der Waals surface area contributed by atoms with Crippen molar-refractivity contribution in [3.8, 4) is 5.75 Å². The van der Waals surface area contributed by atoms with E-state index in [-0.39, 0.29) is 5.78 Å². The maximum Gasteiger partial charge on any atom is 0.138 e. The van der Waals surface area contributed by atoms with Gasteiger partial charge in [-0.05, 0) is 31.0 Å². The zero-order valence-corrected chi connectivity index (χ0v) is 11.1. The van der Waals surface area contributed by atoms with Gasteiger partial charge in [-0.15, -0.1) is 0 Å². The molecule has 0 bridgehead atoms. The summed E-state index contributed by atoms with van der Waals surface area (Å²) in [6.07, 6.45) is 1.99. The zero-order valence-electron chi connectivity index (χ0n) is 11.1. The van der Waals surface area contributed by atoms with Crippen molar-refractivity contribution >= 4 is 5.78 Å². The Balaban J connectivity index is 2.10. The van der Waals surface area contributed by atoms with Crippen LogP contribution < -0.4 is 4.74 Å². The summed E-state index contributed by atoms with van der Waals surface area (Å²) in [6.45, 7) is 5.30. The Labute approximate surface area is 108 Å². The van der Waals surface area contributed by atoms with E-state index in [9.17, 15) is 4.79 Å². The van der Waals surface area contributed by atoms with Crippen LogP contribution in [0.4, 0.5) is 0 Å². The summed E-state index contributed by atoms with van der Waals surface area (Å²) in [6, 6.07) is 7.87. The van der Waals surface area contributed by atoms with Crippen molar-refractivity contribution in [2.45, 2.75) is 38.7 Å². The monoisotopic (exact) mass is 248 g/mol. The molecule has 1 aliphatic heterocycles. The van der Waals surface area contributed by atoms with Crippen molar-refractivity contribution in [1.29, 1.82) is 0 Å². The second-order valence-corrected chi connectivity index (χ2v) is 4.92. The Kier molecular flexibility index (Phi) is 4.02. The van der Waals surface area contributed by atoms with Crippen LogP contribution in [-0.4, -0.2) is 19.0 Å². The lowest BCUT2D eigenvalue weighted by Gasteiger charge is -2.33. The molecule has 3 nitrogen and oxygen atoms in total. The van der Waals surface area contributed by atoms with Gasteiger partial charge in [-0.25, -0.2) is 0 Å². The predicted molar refractivity (Wildman–Crippen MR) is 69.8 cm³/mol. The Morgan fingerprint density at radius 3 is 2.67 bits per heavy atom. The lowest BCUT2D eigenvalue weighted by molar-refractivity contribution is -0.138. The van der Waals surface area contributed by atoms with Crippen molar-refractivity contribution in [1.82, 2.24) is 0 Å². The molecule has 0 amide bonds. The number of hydrogen-bond acceptors (Lipinski definition) is 3. The second-order valence-electron chi connectivity index (χ2n) is 4.92. The average molecular weight is 248 g/mol. The van der Waals surface area contributed by atoms with E-state index in [0.29, 0.717) is 19.4 Å². The molecule has 1 atom stereocenters. The van der Waals surface area contributed by atoms with Gasteiger partial charge >= 0.3 is 0 Å². The van der Waals surface area contributed by atoms with Crippen LogP contribution in [0, 0.1) is 0 Å². The third-order valence-electron chi connectivity index (χ3n) is 3.27.